The Morgan fingerprint density at radius 1 is 0.800 bits per heavy atom. The van der Waals surface area contributed by atoms with E-state index in [1.807, 2.05) is 0 Å². The highest BCUT2D eigenvalue weighted by atomic mass is 19.4. The molecule has 0 aliphatic rings. The Bertz CT molecular complexity index is 571. The number of aliphatic carboxylic acids is 2. The minimum absolute atomic E-state index is 0.296. The predicted molar refractivity (Wildman–Crippen MR) is 69.2 cm³/mol. The summed E-state index contributed by atoms with van der Waals surface area (Å²) < 4.78 is 72.8. The first-order chi connectivity index (χ1) is 11.3. The summed E-state index contributed by atoms with van der Waals surface area (Å²) in [7, 11) is 0. The molecule has 0 spiro atoms. The number of carboxylic acid groups (broad SMARTS) is 2. The second-order valence-corrected chi connectivity index (χ2v) is 4.23. The molecule has 0 aliphatic carbocycles. The van der Waals surface area contributed by atoms with E-state index in [0.717, 1.165) is 24.3 Å². The van der Waals surface area contributed by atoms with Crippen LogP contribution in [0, 0.1) is 0 Å². The van der Waals surface area contributed by atoms with Crippen molar-refractivity contribution in [3.8, 4) is 0 Å². The van der Waals surface area contributed by atoms with Crippen LogP contribution in [0.15, 0.2) is 30.3 Å². The molecule has 1 aromatic rings. The lowest BCUT2D eigenvalue weighted by atomic mass is 10.2. The molecule has 0 saturated heterocycles. The van der Waals surface area contributed by atoms with Crippen LogP contribution in [-0.4, -0.2) is 45.6 Å². The van der Waals surface area contributed by atoms with Crippen LogP contribution in [0.3, 0.4) is 0 Å². The summed E-state index contributed by atoms with van der Waals surface area (Å²) in [6, 6.07) is 5.43. The Hall–Kier alpha value is -2.79. The standard InChI is InChI=1S/C9H5F6NO.C4H6O4/c10-8(11,12)16(9(13,14)15)7(17)6-4-2-1-3-5-6;5-3(6)1-2-4(7)8/h1-5H;1-2H2,(H,5,6)(H,7,8). The number of benzene rings is 1. The third-order valence-electron chi connectivity index (χ3n) is 2.28. The van der Waals surface area contributed by atoms with Crippen LogP contribution in [0.4, 0.5) is 26.3 Å². The number of carboxylic acids is 2. The first-order valence-electron chi connectivity index (χ1n) is 6.23. The van der Waals surface area contributed by atoms with Crippen molar-refractivity contribution in [3.63, 3.8) is 0 Å². The normalized spacial score (nSPS) is 11.1. The summed E-state index contributed by atoms with van der Waals surface area (Å²) in [6.07, 6.45) is -12.2. The van der Waals surface area contributed by atoms with Crippen LogP contribution in [-0.2, 0) is 9.59 Å². The summed E-state index contributed by atoms with van der Waals surface area (Å²) in [4.78, 5) is 28.3. The average molecular weight is 375 g/mol. The van der Waals surface area contributed by atoms with Crippen molar-refractivity contribution in [2.45, 2.75) is 25.4 Å². The SMILES string of the molecule is O=C(O)CCC(=O)O.O=C(c1ccccc1)N(C(F)(F)F)C(F)(F)F. The average Bonchev–Trinajstić information content (AvgIpc) is 2.43. The number of hydrogen-bond donors (Lipinski definition) is 2. The summed E-state index contributed by atoms with van der Waals surface area (Å²) in [5.74, 6) is -4.31. The molecule has 0 fully saturated rings. The number of alkyl halides is 6. The molecular formula is C13H11F6NO5. The van der Waals surface area contributed by atoms with Crippen molar-refractivity contribution in [1.29, 1.82) is 0 Å². The Labute approximate surface area is 136 Å². The van der Waals surface area contributed by atoms with Crippen LogP contribution >= 0.6 is 0 Å². The Kier molecular flexibility index (Phi) is 7.90. The zero-order valence-electron chi connectivity index (χ0n) is 12.1. The predicted octanol–water partition coefficient (Wildman–Crippen LogP) is 3.10. The summed E-state index contributed by atoms with van der Waals surface area (Å²) in [5, 5.41) is 15.8. The van der Waals surface area contributed by atoms with Gasteiger partial charge in [-0.1, -0.05) is 18.2 Å². The Balaban J connectivity index is 0.000000609. The quantitative estimate of drug-likeness (QED) is 0.623. The number of halogens is 6. The van der Waals surface area contributed by atoms with Gasteiger partial charge < -0.3 is 10.2 Å². The molecule has 2 N–H and O–H groups in total. The molecule has 1 amide bonds. The van der Waals surface area contributed by atoms with E-state index in [2.05, 4.69) is 0 Å². The van der Waals surface area contributed by atoms with E-state index < -0.39 is 40.9 Å². The van der Waals surface area contributed by atoms with E-state index in [4.69, 9.17) is 10.2 Å². The monoisotopic (exact) mass is 375 g/mol. The van der Waals surface area contributed by atoms with Crippen molar-refractivity contribution in [3.05, 3.63) is 35.9 Å². The fourth-order valence-corrected chi connectivity index (χ4v) is 1.30. The van der Waals surface area contributed by atoms with Crippen LogP contribution in [0.5, 0.6) is 0 Å². The fraction of sp³-hybridized carbons (Fsp3) is 0.308. The van der Waals surface area contributed by atoms with E-state index in [0.29, 0.717) is 0 Å². The lowest BCUT2D eigenvalue weighted by Crippen LogP contribution is -2.51. The van der Waals surface area contributed by atoms with E-state index >= 15 is 0 Å². The van der Waals surface area contributed by atoms with Gasteiger partial charge in [0.05, 0.1) is 12.8 Å². The van der Waals surface area contributed by atoms with Crippen molar-refractivity contribution >= 4 is 17.8 Å². The molecule has 1 rings (SSSR count). The van der Waals surface area contributed by atoms with Gasteiger partial charge in [0.15, 0.2) is 0 Å². The van der Waals surface area contributed by atoms with E-state index in [1.165, 1.54) is 6.07 Å². The lowest BCUT2D eigenvalue weighted by Gasteiger charge is -2.26. The molecular weight excluding hydrogens is 364 g/mol. The highest BCUT2D eigenvalue weighted by molar-refractivity contribution is 5.94. The zero-order chi connectivity index (χ0) is 19.8. The maximum Gasteiger partial charge on any atom is 0.494 e. The van der Waals surface area contributed by atoms with Gasteiger partial charge in [-0.05, 0) is 12.1 Å². The third-order valence-corrected chi connectivity index (χ3v) is 2.28. The van der Waals surface area contributed by atoms with Gasteiger partial charge in [-0.15, -0.1) is 26.3 Å². The molecule has 0 bridgehead atoms. The molecule has 12 heteroatoms. The molecule has 6 nitrogen and oxygen atoms in total. The number of hydrogen-bond acceptors (Lipinski definition) is 3. The van der Waals surface area contributed by atoms with Crippen molar-refractivity contribution in [1.82, 2.24) is 4.90 Å². The molecule has 1 aromatic carbocycles. The van der Waals surface area contributed by atoms with Gasteiger partial charge in [0, 0.05) is 5.56 Å². The highest BCUT2D eigenvalue weighted by Crippen LogP contribution is 2.34. The van der Waals surface area contributed by atoms with E-state index in [1.54, 1.807) is 0 Å². The first kappa shape index (κ1) is 22.2. The summed E-state index contributed by atoms with van der Waals surface area (Å²) >= 11 is 0. The molecule has 0 saturated carbocycles. The second kappa shape index (κ2) is 8.89. The Morgan fingerprint density at radius 2 is 1.16 bits per heavy atom. The van der Waals surface area contributed by atoms with Crippen molar-refractivity contribution < 1.29 is 50.9 Å². The van der Waals surface area contributed by atoms with Gasteiger partial charge in [-0.2, -0.15) is 4.90 Å². The molecule has 25 heavy (non-hydrogen) atoms. The number of carbonyl (C=O) groups is 3. The Morgan fingerprint density at radius 3 is 1.44 bits per heavy atom. The van der Waals surface area contributed by atoms with Crippen molar-refractivity contribution in [2.75, 3.05) is 0 Å². The van der Waals surface area contributed by atoms with Gasteiger partial charge in [0.2, 0.25) is 0 Å². The largest absolute Gasteiger partial charge is 0.494 e. The number of nitrogens with zero attached hydrogens (tertiary/aromatic N) is 1. The molecule has 0 unspecified atom stereocenters. The minimum atomic E-state index is -5.81. The zero-order valence-corrected chi connectivity index (χ0v) is 12.1. The van der Waals surface area contributed by atoms with Crippen LogP contribution in [0.25, 0.3) is 0 Å². The molecule has 0 aliphatic heterocycles. The second-order valence-electron chi connectivity index (χ2n) is 4.23. The van der Waals surface area contributed by atoms with Crippen molar-refractivity contribution in [2.24, 2.45) is 0 Å². The van der Waals surface area contributed by atoms with Gasteiger partial charge in [0.25, 0.3) is 5.91 Å². The van der Waals surface area contributed by atoms with Crippen LogP contribution in [0.2, 0.25) is 0 Å². The number of carbonyl (C=O) groups excluding carboxylic acids is 1. The lowest BCUT2D eigenvalue weighted by molar-refractivity contribution is -0.348. The smallest absolute Gasteiger partial charge is 0.481 e. The number of rotatable bonds is 4. The van der Waals surface area contributed by atoms with Crippen LogP contribution in [0.1, 0.15) is 23.2 Å². The topological polar surface area (TPSA) is 94.9 Å². The molecule has 0 heterocycles. The minimum Gasteiger partial charge on any atom is -0.481 e. The van der Waals surface area contributed by atoms with Gasteiger partial charge >= 0.3 is 24.5 Å². The molecule has 0 atom stereocenters. The molecule has 140 valence electrons. The third kappa shape index (κ3) is 8.58. The van der Waals surface area contributed by atoms with Gasteiger partial charge in [-0.3, -0.25) is 14.4 Å². The maximum absolute atomic E-state index is 12.1. The highest BCUT2D eigenvalue weighted by Gasteiger charge is 2.57. The van der Waals surface area contributed by atoms with Gasteiger partial charge in [-0.25, -0.2) is 0 Å². The van der Waals surface area contributed by atoms with Crippen LogP contribution < -0.4 is 0 Å². The first-order valence-corrected chi connectivity index (χ1v) is 6.23. The molecule has 0 radical (unpaired) electrons. The number of amides is 1. The molecule has 0 aromatic heterocycles. The van der Waals surface area contributed by atoms with Gasteiger partial charge in [0.1, 0.15) is 0 Å². The van der Waals surface area contributed by atoms with E-state index in [-0.39, 0.29) is 12.8 Å². The fourth-order valence-electron chi connectivity index (χ4n) is 1.30. The summed E-state index contributed by atoms with van der Waals surface area (Å²) in [6.45, 7) is 0. The maximum atomic E-state index is 12.1. The summed E-state index contributed by atoms with van der Waals surface area (Å²) in [5.41, 5.74) is -0.692. The van der Waals surface area contributed by atoms with E-state index in [9.17, 15) is 40.7 Å².